The number of amides is 2. The summed E-state index contributed by atoms with van der Waals surface area (Å²) in [6.07, 6.45) is 0.895. The van der Waals surface area contributed by atoms with Gasteiger partial charge in [0.2, 0.25) is 0 Å². The van der Waals surface area contributed by atoms with Crippen LogP contribution in [0.2, 0.25) is 0 Å². The van der Waals surface area contributed by atoms with Gasteiger partial charge in [0.05, 0.1) is 0 Å². The zero-order chi connectivity index (χ0) is 12.5. The van der Waals surface area contributed by atoms with E-state index >= 15 is 0 Å². The highest BCUT2D eigenvalue weighted by atomic mass is 16.2. The average Bonchev–Trinajstić information content (AvgIpc) is 1.75. The predicted molar refractivity (Wildman–Crippen MR) is 64.7 cm³/mol. The second-order valence-corrected chi connectivity index (χ2v) is 6.68. The number of primary amides is 1. The molecule has 90 valence electrons. The van der Waals surface area contributed by atoms with Gasteiger partial charge in [-0.1, -0.05) is 34.6 Å². The van der Waals surface area contributed by atoms with Gasteiger partial charge < -0.3 is 11.1 Å². The van der Waals surface area contributed by atoms with Gasteiger partial charge in [0.15, 0.2) is 0 Å². The summed E-state index contributed by atoms with van der Waals surface area (Å²) in [5, 5.41) is 2.79. The summed E-state index contributed by atoms with van der Waals surface area (Å²) in [5.41, 5.74) is 5.23. The summed E-state index contributed by atoms with van der Waals surface area (Å²) in [4.78, 5) is 10.9. The molecular weight excluding hydrogens is 188 g/mol. The van der Waals surface area contributed by atoms with Gasteiger partial charge in [0.1, 0.15) is 0 Å². The van der Waals surface area contributed by atoms with Crippen molar-refractivity contribution < 1.29 is 4.79 Å². The summed E-state index contributed by atoms with van der Waals surface area (Å²) in [6.45, 7) is 15.1. The summed E-state index contributed by atoms with van der Waals surface area (Å²) in [5.74, 6) is 0. The highest BCUT2D eigenvalue weighted by Crippen LogP contribution is 2.43. The van der Waals surface area contributed by atoms with Crippen molar-refractivity contribution >= 4 is 6.03 Å². The van der Waals surface area contributed by atoms with Gasteiger partial charge in [0, 0.05) is 5.54 Å². The second kappa shape index (κ2) is 4.03. The molecule has 0 aliphatic rings. The van der Waals surface area contributed by atoms with E-state index in [2.05, 4.69) is 39.9 Å². The Morgan fingerprint density at radius 2 is 1.47 bits per heavy atom. The van der Waals surface area contributed by atoms with Crippen LogP contribution in [0.4, 0.5) is 4.79 Å². The third-order valence-corrected chi connectivity index (χ3v) is 3.38. The lowest BCUT2D eigenvalue weighted by Gasteiger charge is -2.44. The highest BCUT2D eigenvalue weighted by molar-refractivity contribution is 5.72. The van der Waals surface area contributed by atoms with Crippen LogP contribution in [0.15, 0.2) is 0 Å². The molecule has 0 aromatic carbocycles. The minimum absolute atomic E-state index is 0.138. The van der Waals surface area contributed by atoms with E-state index in [0.29, 0.717) is 0 Å². The Morgan fingerprint density at radius 1 is 1.07 bits per heavy atom. The molecule has 0 aromatic rings. The largest absolute Gasteiger partial charge is 0.352 e. The number of hydrogen-bond acceptors (Lipinski definition) is 1. The van der Waals surface area contributed by atoms with Crippen LogP contribution in [-0.4, -0.2) is 11.6 Å². The number of urea groups is 1. The fourth-order valence-corrected chi connectivity index (χ4v) is 1.75. The van der Waals surface area contributed by atoms with Crippen molar-refractivity contribution in [1.82, 2.24) is 5.32 Å². The van der Waals surface area contributed by atoms with Crippen LogP contribution >= 0.6 is 0 Å². The Bertz CT molecular complexity index is 236. The van der Waals surface area contributed by atoms with Crippen molar-refractivity contribution in [2.75, 3.05) is 0 Å². The first kappa shape index (κ1) is 14.3. The first-order valence-electron chi connectivity index (χ1n) is 5.45. The highest BCUT2D eigenvalue weighted by Gasteiger charge is 2.38. The standard InChI is InChI=1S/C12H26N2O/c1-10(2,3)11(4,5)8-12(6,7)14-9(13)15/h8H2,1-7H3,(H3,13,14,15). The minimum Gasteiger partial charge on any atom is -0.352 e. The topological polar surface area (TPSA) is 55.1 Å². The number of carbonyl (C=O) groups excluding carboxylic acids is 1. The third-order valence-electron chi connectivity index (χ3n) is 3.38. The van der Waals surface area contributed by atoms with Crippen LogP contribution in [0.3, 0.4) is 0 Å². The van der Waals surface area contributed by atoms with Crippen molar-refractivity contribution in [3.05, 3.63) is 0 Å². The second-order valence-electron chi connectivity index (χ2n) is 6.68. The SMILES string of the molecule is CC(C)(CC(C)(C)C(C)(C)C)NC(N)=O. The maximum Gasteiger partial charge on any atom is 0.312 e. The first-order chi connectivity index (χ1) is 6.37. The van der Waals surface area contributed by atoms with Crippen LogP contribution in [0.1, 0.15) is 54.9 Å². The van der Waals surface area contributed by atoms with Gasteiger partial charge in [-0.25, -0.2) is 4.79 Å². The number of rotatable bonds is 3. The lowest BCUT2D eigenvalue weighted by molar-refractivity contribution is 0.0858. The van der Waals surface area contributed by atoms with Crippen molar-refractivity contribution in [2.45, 2.75) is 60.4 Å². The number of nitrogens with one attached hydrogen (secondary N) is 1. The molecule has 0 radical (unpaired) electrons. The van der Waals surface area contributed by atoms with Crippen LogP contribution in [0.5, 0.6) is 0 Å². The average molecular weight is 214 g/mol. The molecule has 0 bridgehead atoms. The van der Waals surface area contributed by atoms with Crippen LogP contribution < -0.4 is 11.1 Å². The zero-order valence-electron chi connectivity index (χ0n) is 11.2. The van der Waals surface area contributed by atoms with E-state index in [9.17, 15) is 4.79 Å². The van der Waals surface area contributed by atoms with Gasteiger partial charge in [-0.3, -0.25) is 0 Å². The maximum absolute atomic E-state index is 10.9. The maximum atomic E-state index is 10.9. The van der Waals surface area contributed by atoms with Crippen molar-refractivity contribution in [1.29, 1.82) is 0 Å². The van der Waals surface area contributed by atoms with E-state index in [1.807, 2.05) is 13.8 Å². The minimum atomic E-state index is -0.454. The molecule has 0 fully saturated rings. The monoisotopic (exact) mass is 214 g/mol. The van der Waals surface area contributed by atoms with E-state index in [1.54, 1.807) is 0 Å². The molecule has 0 saturated carbocycles. The Balaban J connectivity index is 4.64. The van der Waals surface area contributed by atoms with Gasteiger partial charge in [-0.05, 0) is 31.1 Å². The summed E-state index contributed by atoms with van der Waals surface area (Å²) < 4.78 is 0. The van der Waals surface area contributed by atoms with Crippen molar-refractivity contribution in [3.63, 3.8) is 0 Å². The van der Waals surface area contributed by atoms with E-state index in [-0.39, 0.29) is 16.4 Å². The molecule has 0 spiro atoms. The van der Waals surface area contributed by atoms with E-state index in [0.717, 1.165) is 6.42 Å². The molecule has 0 atom stereocenters. The molecule has 0 heterocycles. The molecule has 0 aliphatic heterocycles. The quantitative estimate of drug-likeness (QED) is 0.745. The van der Waals surface area contributed by atoms with Gasteiger partial charge in [0.25, 0.3) is 0 Å². The zero-order valence-corrected chi connectivity index (χ0v) is 11.2. The van der Waals surface area contributed by atoms with E-state index in [1.165, 1.54) is 0 Å². The molecule has 0 unspecified atom stereocenters. The fourth-order valence-electron chi connectivity index (χ4n) is 1.75. The molecule has 3 nitrogen and oxygen atoms in total. The lowest BCUT2D eigenvalue weighted by Crippen LogP contribution is -2.50. The van der Waals surface area contributed by atoms with Crippen LogP contribution in [0.25, 0.3) is 0 Å². The Labute approximate surface area is 93.8 Å². The van der Waals surface area contributed by atoms with E-state index in [4.69, 9.17) is 5.73 Å². The fraction of sp³-hybridized carbons (Fsp3) is 0.917. The number of carbonyl (C=O) groups is 1. The Kier molecular flexibility index (Phi) is 3.83. The summed E-state index contributed by atoms with van der Waals surface area (Å²) in [6, 6.07) is -0.454. The van der Waals surface area contributed by atoms with E-state index < -0.39 is 6.03 Å². The molecule has 0 aromatic heterocycles. The molecule has 0 rings (SSSR count). The smallest absolute Gasteiger partial charge is 0.312 e. The molecule has 0 saturated heterocycles. The molecule has 0 aliphatic carbocycles. The summed E-state index contributed by atoms with van der Waals surface area (Å²) >= 11 is 0. The number of hydrogen-bond donors (Lipinski definition) is 2. The molecule has 3 heteroatoms. The van der Waals surface area contributed by atoms with Gasteiger partial charge in [-0.15, -0.1) is 0 Å². The molecule has 15 heavy (non-hydrogen) atoms. The van der Waals surface area contributed by atoms with Crippen molar-refractivity contribution in [2.24, 2.45) is 16.6 Å². The van der Waals surface area contributed by atoms with Gasteiger partial charge in [-0.2, -0.15) is 0 Å². The molecule has 2 amide bonds. The van der Waals surface area contributed by atoms with Crippen molar-refractivity contribution in [3.8, 4) is 0 Å². The third kappa shape index (κ3) is 4.54. The number of nitrogens with two attached hydrogens (primary N) is 1. The van der Waals surface area contributed by atoms with Gasteiger partial charge >= 0.3 is 6.03 Å². The Morgan fingerprint density at radius 3 is 1.73 bits per heavy atom. The van der Waals surface area contributed by atoms with Crippen LogP contribution in [-0.2, 0) is 0 Å². The molecular formula is C12H26N2O. The predicted octanol–water partition coefficient (Wildman–Crippen LogP) is 2.90. The normalized spacial score (nSPS) is 13.8. The summed E-state index contributed by atoms with van der Waals surface area (Å²) in [7, 11) is 0. The van der Waals surface area contributed by atoms with Crippen LogP contribution in [0, 0.1) is 10.8 Å². The first-order valence-corrected chi connectivity index (χ1v) is 5.45. The Hall–Kier alpha value is -0.730. The lowest BCUT2D eigenvalue weighted by atomic mass is 9.64. The molecule has 3 N–H and O–H groups in total.